The van der Waals surface area contributed by atoms with E-state index in [1.807, 2.05) is 12.2 Å². The first-order valence-corrected chi connectivity index (χ1v) is 5.52. The molecule has 0 heterocycles. The number of hydrogen-bond donors (Lipinski definition) is 0. The van der Waals surface area contributed by atoms with E-state index in [-0.39, 0.29) is 0 Å². The van der Waals surface area contributed by atoms with Crippen LogP contribution in [-0.2, 0) is 6.42 Å². The Hall–Kier alpha value is -1.30. The van der Waals surface area contributed by atoms with Crippen molar-refractivity contribution in [3.63, 3.8) is 0 Å². The molecule has 80 valence electrons. The fourth-order valence-electron chi connectivity index (χ4n) is 1.69. The molecule has 0 amide bonds. The molecule has 0 aliphatic rings. The van der Waals surface area contributed by atoms with E-state index in [2.05, 4.69) is 51.6 Å². The van der Waals surface area contributed by atoms with Gasteiger partial charge < -0.3 is 0 Å². The van der Waals surface area contributed by atoms with Crippen LogP contribution in [0.5, 0.6) is 0 Å². The van der Waals surface area contributed by atoms with E-state index in [4.69, 9.17) is 0 Å². The van der Waals surface area contributed by atoms with Crippen molar-refractivity contribution in [2.45, 2.75) is 27.2 Å². The highest BCUT2D eigenvalue weighted by Gasteiger charge is 2.00. The van der Waals surface area contributed by atoms with Crippen LogP contribution in [0, 0.1) is 12.8 Å². The molecule has 0 nitrogen and oxygen atoms in total. The Kier molecular flexibility index (Phi) is 4.36. The van der Waals surface area contributed by atoms with Gasteiger partial charge in [-0.05, 0) is 36.0 Å². The Labute approximate surface area is 93.3 Å². The maximum absolute atomic E-state index is 3.68. The first-order valence-electron chi connectivity index (χ1n) is 5.52. The van der Waals surface area contributed by atoms with Gasteiger partial charge in [-0.1, -0.05) is 56.9 Å². The van der Waals surface area contributed by atoms with Gasteiger partial charge in [0.25, 0.3) is 0 Å². The summed E-state index contributed by atoms with van der Waals surface area (Å²) in [6, 6.07) is 6.69. The van der Waals surface area contributed by atoms with E-state index in [1.165, 1.54) is 16.7 Å². The van der Waals surface area contributed by atoms with E-state index in [9.17, 15) is 0 Å². The molecule has 0 aliphatic heterocycles. The van der Waals surface area contributed by atoms with E-state index in [0.717, 1.165) is 12.3 Å². The second kappa shape index (κ2) is 5.55. The summed E-state index contributed by atoms with van der Waals surface area (Å²) in [4.78, 5) is 0. The smallest absolute Gasteiger partial charge is 0.0227 e. The summed E-state index contributed by atoms with van der Waals surface area (Å²) in [5, 5.41) is 0. The van der Waals surface area contributed by atoms with Gasteiger partial charge in [-0.25, -0.2) is 0 Å². The molecule has 0 saturated heterocycles. The molecule has 0 atom stereocenters. The van der Waals surface area contributed by atoms with E-state index < -0.39 is 0 Å². The third kappa shape index (κ3) is 3.75. The molecule has 1 aromatic carbocycles. The van der Waals surface area contributed by atoms with Crippen molar-refractivity contribution in [1.82, 2.24) is 0 Å². The molecule has 0 bridgehead atoms. The maximum atomic E-state index is 3.68. The van der Waals surface area contributed by atoms with Crippen LogP contribution in [0.15, 0.2) is 36.9 Å². The van der Waals surface area contributed by atoms with Crippen LogP contribution >= 0.6 is 0 Å². The van der Waals surface area contributed by atoms with Crippen molar-refractivity contribution in [2.75, 3.05) is 0 Å². The zero-order chi connectivity index (χ0) is 11.3. The Morgan fingerprint density at radius 3 is 2.60 bits per heavy atom. The zero-order valence-electron chi connectivity index (χ0n) is 9.96. The second-order valence-corrected chi connectivity index (χ2v) is 4.38. The summed E-state index contributed by atoms with van der Waals surface area (Å²) in [7, 11) is 0. The minimum absolute atomic E-state index is 0.721. The third-order valence-electron chi connectivity index (χ3n) is 2.39. The van der Waals surface area contributed by atoms with Gasteiger partial charge in [0.1, 0.15) is 0 Å². The Morgan fingerprint density at radius 2 is 2.07 bits per heavy atom. The Balaban J connectivity index is 2.87. The fourth-order valence-corrected chi connectivity index (χ4v) is 1.69. The monoisotopic (exact) mass is 200 g/mol. The molecule has 15 heavy (non-hydrogen) atoms. The molecular weight excluding hydrogens is 180 g/mol. The highest BCUT2D eigenvalue weighted by molar-refractivity contribution is 5.55. The topological polar surface area (TPSA) is 0 Å². The van der Waals surface area contributed by atoms with Crippen molar-refractivity contribution in [2.24, 2.45) is 5.92 Å². The highest BCUT2D eigenvalue weighted by atomic mass is 14.1. The number of benzene rings is 1. The minimum atomic E-state index is 0.721. The summed E-state index contributed by atoms with van der Waals surface area (Å²) in [6.45, 7) is 10.3. The molecule has 0 radical (unpaired) electrons. The van der Waals surface area contributed by atoms with Crippen LogP contribution < -0.4 is 0 Å². The molecule has 0 aliphatic carbocycles. The summed E-state index contributed by atoms with van der Waals surface area (Å²) in [5.41, 5.74) is 4.05. The van der Waals surface area contributed by atoms with Crippen LogP contribution in [0.2, 0.25) is 0 Å². The molecule has 0 heteroatoms. The SMILES string of the molecule is C=C/C=C/c1ccc(CC(C)C)cc1C. The van der Waals surface area contributed by atoms with Crippen LogP contribution in [0.1, 0.15) is 30.5 Å². The lowest BCUT2D eigenvalue weighted by molar-refractivity contribution is 0.647. The van der Waals surface area contributed by atoms with E-state index in [1.54, 1.807) is 0 Å². The minimum Gasteiger partial charge on any atom is -0.0991 e. The van der Waals surface area contributed by atoms with Crippen molar-refractivity contribution in [3.05, 3.63) is 53.6 Å². The summed E-state index contributed by atoms with van der Waals surface area (Å²) >= 11 is 0. The zero-order valence-corrected chi connectivity index (χ0v) is 9.96. The predicted molar refractivity (Wildman–Crippen MR) is 69.0 cm³/mol. The lowest BCUT2D eigenvalue weighted by atomic mass is 9.98. The van der Waals surface area contributed by atoms with Gasteiger partial charge in [-0.15, -0.1) is 0 Å². The van der Waals surface area contributed by atoms with E-state index in [0.29, 0.717) is 0 Å². The lowest BCUT2D eigenvalue weighted by Gasteiger charge is -2.07. The molecule has 0 spiro atoms. The number of rotatable bonds is 4. The van der Waals surface area contributed by atoms with Gasteiger partial charge in [0, 0.05) is 0 Å². The number of allylic oxidation sites excluding steroid dienone is 2. The van der Waals surface area contributed by atoms with Crippen LogP contribution in [0.4, 0.5) is 0 Å². The number of aryl methyl sites for hydroxylation is 1. The summed E-state index contributed by atoms with van der Waals surface area (Å²) in [6.07, 6.45) is 7.04. The van der Waals surface area contributed by atoms with Gasteiger partial charge in [0.15, 0.2) is 0 Å². The van der Waals surface area contributed by atoms with Crippen molar-refractivity contribution in [3.8, 4) is 0 Å². The third-order valence-corrected chi connectivity index (χ3v) is 2.39. The van der Waals surface area contributed by atoms with Crippen LogP contribution in [-0.4, -0.2) is 0 Å². The molecule has 0 aromatic heterocycles. The maximum Gasteiger partial charge on any atom is -0.0227 e. The molecule has 0 saturated carbocycles. The molecule has 0 fully saturated rings. The molecule has 0 N–H and O–H groups in total. The first kappa shape index (κ1) is 11.8. The van der Waals surface area contributed by atoms with Crippen molar-refractivity contribution >= 4 is 6.08 Å². The molecule has 1 aromatic rings. The summed E-state index contributed by atoms with van der Waals surface area (Å²) in [5.74, 6) is 0.721. The van der Waals surface area contributed by atoms with Crippen LogP contribution in [0.25, 0.3) is 6.08 Å². The first-order chi connectivity index (χ1) is 7.13. The highest BCUT2D eigenvalue weighted by Crippen LogP contribution is 2.15. The average molecular weight is 200 g/mol. The number of hydrogen-bond acceptors (Lipinski definition) is 0. The molecule has 1 rings (SSSR count). The fraction of sp³-hybridized carbons (Fsp3) is 0.333. The second-order valence-electron chi connectivity index (χ2n) is 4.38. The van der Waals surface area contributed by atoms with E-state index >= 15 is 0 Å². The van der Waals surface area contributed by atoms with Gasteiger partial charge in [0.05, 0.1) is 0 Å². The quantitative estimate of drug-likeness (QED) is 0.632. The van der Waals surface area contributed by atoms with Crippen molar-refractivity contribution < 1.29 is 0 Å². The molecular formula is C15H20. The molecule has 0 unspecified atom stereocenters. The lowest BCUT2D eigenvalue weighted by Crippen LogP contribution is -1.95. The van der Waals surface area contributed by atoms with Gasteiger partial charge in [0.2, 0.25) is 0 Å². The Bertz CT molecular complexity index is 356. The predicted octanol–water partition coefficient (Wildman–Crippen LogP) is 4.39. The van der Waals surface area contributed by atoms with Gasteiger partial charge in [-0.3, -0.25) is 0 Å². The normalized spacial score (nSPS) is 11.2. The van der Waals surface area contributed by atoms with Gasteiger partial charge >= 0.3 is 0 Å². The van der Waals surface area contributed by atoms with Gasteiger partial charge in [-0.2, -0.15) is 0 Å². The largest absolute Gasteiger partial charge is 0.0991 e. The van der Waals surface area contributed by atoms with Crippen molar-refractivity contribution in [1.29, 1.82) is 0 Å². The average Bonchev–Trinajstić information content (AvgIpc) is 2.15. The van der Waals surface area contributed by atoms with Crippen LogP contribution in [0.3, 0.4) is 0 Å². The summed E-state index contributed by atoms with van der Waals surface area (Å²) < 4.78 is 0. The Morgan fingerprint density at radius 1 is 1.33 bits per heavy atom. The standard InChI is InChI=1S/C15H20/c1-5-6-7-15-9-8-14(10-12(2)3)11-13(15)4/h5-9,11-12H,1,10H2,2-4H3/b7-6+.